The van der Waals surface area contributed by atoms with E-state index in [4.69, 9.17) is 0 Å². The van der Waals surface area contributed by atoms with E-state index in [0.717, 1.165) is 36.0 Å². The topological polar surface area (TPSA) is 81.4 Å². The van der Waals surface area contributed by atoms with E-state index in [2.05, 4.69) is 37.7 Å². The lowest BCUT2D eigenvalue weighted by molar-refractivity contribution is 0.423. The van der Waals surface area contributed by atoms with Gasteiger partial charge in [-0.05, 0) is 47.5 Å². The van der Waals surface area contributed by atoms with Crippen molar-refractivity contribution in [3.05, 3.63) is 12.3 Å². The quantitative estimate of drug-likeness (QED) is 0.821. The molecular weight excluding hydrogens is 286 g/mol. The molecule has 2 heterocycles. The Hall–Kier alpha value is -1.70. The fourth-order valence-electron chi connectivity index (χ4n) is 2.45. The number of hydrogen-bond donors (Lipinski definition) is 1. The number of tetrazole rings is 1. The van der Waals surface area contributed by atoms with E-state index in [1.165, 1.54) is 24.6 Å². The van der Waals surface area contributed by atoms with Crippen LogP contribution in [-0.2, 0) is 0 Å². The summed E-state index contributed by atoms with van der Waals surface area (Å²) in [7, 11) is 0. The van der Waals surface area contributed by atoms with Crippen molar-refractivity contribution >= 4 is 17.7 Å². The standard InChI is InChI=1S/C13H19N7S/c1-2-8-14-12-15-9-7-11(16-12)21-13-17-18-19-20(13)10-5-3-4-6-10/h7,9-10H,2-6,8H2,1H3,(H,14,15,16). The predicted molar refractivity (Wildman–Crippen MR) is 80.3 cm³/mol. The minimum Gasteiger partial charge on any atom is -0.354 e. The molecule has 0 radical (unpaired) electrons. The van der Waals surface area contributed by atoms with Gasteiger partial charge in [0.1, 0.15) is 5.03 Å². The zero-order valence-corrected chi connectivity index (χ0v) is 12.9. The number of anilines is 1. The van der Waals surface area contributed by atoms with Crippen molar-refractivity contribution in [3.63, 3.8) is 0 Å². The van der Waals surface area contributed by atoms with Gasteiger partial charge in [-0.2, -0.15) is 0 Å². The first kappa shape index (κ1) is 14.2. The smallest absolute Gasteiger partial charge is 0.223 e. The van der Waals surface area contributed by atoms with Crippen molar-refractivity contribution in [2.24, 2.45) is 0 Å². The fraction of sp³-hybridized carbons (Fsp3) is 0.615. The Labute approximate surface area is 127 Å². The van der Waals surface area contributed by atoms with E-state index in [-0.39, 0.29) is 0 Å². The van der Waals surface area contributed by atoms with Crippen molar-refractivity contribution in [3.8, 4) is 0 Å². The normalized spacial score (nSPS) is 15.5. The van der Waals surface area contributed by atoms with Gasteiger partial charge in [-0.15, -0.1) is 5.10 Å². The lowest BCUT2D eigenvalue weighted by Crippen LogP contribution is -2.08. The van der Waals surface area contributed by atoms with Gasteiger partial charge in [-0.1, -0.05) is 19.8 Å². The Balaban J connectivity index is 1.73. The highest BCUT2D eigenvalue weighted by Gasteiger charge is 2.22. The lowest BCUT2D eigenvalue weighted by atomic mass is 10.3. The molecular formula is C13H19N7S. The predicted octanol–water partition coefficient (Wildman–Crippen LogP) is 2.55. The molecule has 0 atom stereocenters. The summed E-state index contributed by atoms with van der Waals surface area (Å²) in [5.41, 5.74) is 0. The molecule has 21 heavy (non-hydrogen) atoms. The van der Waals surface area contributed by atoms with Crippen LogP contribution in [0.5, 0.6) is 0 Å². The molecule has 0 saturated heterocycles. The van der Waals surface area contributed by atoms with E-state index < -0.39 is 0 Å². The highest BCUT2D eigenvalue weighted by Crippen LogP contribution is 2.33. The minimum atomic E-state index is 0.432. The third-order valence-electron chi connectivity index (χ3n) is 3.49. The highest BCUT2D eigenvalue weighted by atomic mass is 32.2. The number of nitrogens with one attached hydrogen (secondary N) is 1. The molecule has 1 aliphatic rings. The molecule has 1 fully saturated rings. The van der Waals surface area contributed by atoms with Gasteiger partial charge < -0.3 is 5.32 Å². The van der Waals surface area contributed by atoms with Gasteiger partial charge in [0.15, 0.2) is 0 Å². The molecule has 0 aromatic carbocycles. The van der Waals surface area contributed by atoms with Gasteiger partial charge in [-0.3, -0.25) is 0 Å². The molecule has 1 aliphatic carbocycles. The average Bonchev–Trinajstić information content (AvgIpc) is 3.16. The van der Waals surface area contributed by atoms with Crippen molar-refractivity contribution in [2.45, 2.75) is 55.3 Å². The van der Waals surface area contributed by atoms with Crippen LogP contribution in [0.2, 0.25) is 0 Å². The zero-order chi connectivity index (χ0) is 14.5. The number of aromatic nitrogens is 6. The molecule has 1 saturated carbocycles. The van der Waals surface area contributed by atoms with E-state index in [9.17, 15) is 0 Å². The molecule has 3 rings (SSSR count). The van der Waals surface area contributed by atoms with Crippen molar-refractivity contribution < 1.29 is 0 Å². The Morgan fingerprint density at radius 1 is 1.38 bits per heavy atom. The second-order valence-electron chi connectivity index (χ2n) is 5.09. The van der Waals surface area contributed by atoms with Crippen LogP contribution in [0.15, 0.2) is 22.4 Å². The van der Waals surface area contributed by atoms with Crippen molar-refractivity contribution in [1.29, 1.82) is 0 Å². The van der Waals surface area contributed by atoms with E-state index in [0.29, 0.717) is 12.0 Å². The number of nitrogens with zero attached hydrogens (tertiary/aromatic N) is 6. The average molecular weight is 305 g/mol. The first-order valence-corrected chi connectivity index (χ1v) is 8.21. The highest BCUT2D eigenvalue weighted by molar-refractivity contribution is 7.99. The maximum Gasteiger partial charge on any atom is 0.223 e. The molecule has 0 spiro atoms. The van der Waals surface area contributed by atoms with Crippen molar-refractivity contribution in [2.75, 3.05) is 11.9 Å². The lowest BCUT2D eigenvalue weighted by Gasteiger charge is -2.10. The summed E-state index contributed by atoms with van der Waals surface area (Å²) < 4.78 is 1.94. The number of hydrogen-bond acceptors (Lipinski definition) is 7. The Morgan fingerprint density at radius 2 is 2.24 bits per heavy atom. The summed E-state index contributed by atoms with van der Waals surface area (Å²) in [4.78, 5) is 8.70. The molecule has 1 N–H and O–H groups in total. The summed E-state index contributed by atoms with van der Waals surface area (Å²) in [6, 6.07) is 2.32. The van der Waals surface area contributed by atoms with Gasteiger partial charge in [-0.25, -0.2) is 14.6 Å². The minimum absolute atomic E-state index is 0.432. The second kappa shape index (κ2) is 6.84. The maximum absolute atomic E-state index is 4.48. The Kier molecular flexibility index (Phi) is 4.64. The molecule has 112 valence electrons. The van der Waals surface area contributed by atoms with Crippen LogP contribution in [-0.4, -0.2) is 36.7 Å². The fourth-order valence-corrected chi connectivity index (χ4v) is 3.25. The van der Waals surface area contributed by atoms with Crippen LogP contribution in [0.1, 0.15) is 45.1 Å². The van der Waals surface area contributed by atoms with Gasteiger partial charge >= 0.3 is 0 Å². The van der Waals surface area contributed by atoms with Crippen LogP contribution < -0.4 is 5.32 Å². The SMILES string of the molecule is CCCNc1nccc(Sc2nnnn2C2CCCC2)n1. The molecule has 0 aliphatic heterocycles. The van der Waals surface area contributed by atoms with Crippen LogP contribution in [0.3, 0.4) is 0 Å². The molecule has 0 unspecified atom stereocenters. The Bertz CT molecular complexity index is 579. The van der Waals surface area contributed by atoms with Crippen LogP contribution >= 0.6 is 11.8 Å². The van der Waals surface area contributed by atoms with Gasteiger partial charge in [0.05, 0.1) is 6.04 Å². The van der Waals surface area contributed by atoms with E-state index >= 15 is 0 Å². The van der Waals surface area contributed by atoms with Crippen LogP contribution in [0.25, 0.3) is 0 Å². The molecule has 8 heteroatoms. The van der Waals surface area contributed by atoms with E-state index in [1.54, 1.807) is 6.20 Å². The number of rotatable bonds is 6. The summed E-state index contributed by atoms with van der Waals surface area (Å²) in [6.07, 6.45) is 7.63. The summed E-state index contributed by atoms with van der Waals surface area (Å²) >= 11 is 1.49. The molecule has 0 amide bonds. The molecule has 7 nitrogen and oxygen atoms in total. The van der Waals surface area contributed by atoms with Crippen LogP contribution in [0.4, 0.5) is 5.95 Å². The third kappa shape index (κ3) is 3.49. The van der Waals surface area contributed by atoms with Gasteiger partial charge in [0, 0.05) is 12.7 Å². The third-order valence-corrected chi connectivity index (χ3v) is 4.38. The van der Waals surface area contributed by atoms with E-state index in [1.807, 2.05) is 10.7 Å². The summed E-state index contributed by atoms with van der Waals surface area (Å²) in [5.74, 6) is 0.654. The monoisotopic (exact) mass is 305 g/mol. The Morgan fingerprint density at radius 3 is 3.05 bits per heavy atom. The summed E-state index contributed by atoms with van der Waals surface area (Å²) in [6.45, 7) is 2.98. The molecule has 2 aromatic rings. The van der Waals surface area contributed by atoms with Crippen molar-refractivity contribution in [1.82, 2.24) is 30.2 Å². The summed E-state index contributed by atoms with van der Waals surface area (Å²) in [5, 5.41) is 16.9. The zero-order valence-electron chi connectivity index (χ0n) is 12.1. The van der Waals surface area contributed by atoms with Gasteiger partial charge in [0.25, 0.3) is 0 Å². The maximum atomic E-state index is 4.48. The van der Waals surface area contributed by atoms with Crippen LogP contribution in [0, 0.1) is 0 Å². The largest absolute Gasteiger partial charge is 0.354 e. The molecule has 2 aromatic heterocycles. The second-order valence-corrected chi connectivity index (χ2v) is 6.08. The molecule has 0 bridgehead atoms. The van der Waals surface area contributed by atoms with Gasteiger partial charge in [0.2, 0.25) is 11.1 Å². The first-order chi connectivity index (χ1) is 10.4. The first-order valence-electron chi connectivity index (χ1n) is 7.39.